The minimum absolute atomic E-state index is 0.00575. The lowest BCUT2D eigenvalue weighted by atomic mass is 9.84. The van der Waals surface area contributed by atoms with Crippen LogP contribution in [0.3, 0.4) is 0 Å². The molecule has 3 heterocycles. The van der Waals surface area contributed by atoms with Gasteiger partial charge in [0.25, 0.3) is 0 Å². The van der Waals surface area contributed by atoms with E-state index in [1.165, 1.54) is 32.1 Å². The monoisotopic (exact) mass is 413 g/mol. The lowest BCUT2D eigenvalue weighted by Gasteiger charge is -2.21. The molecule has 162 valence electrons. The Kier molecular flexibility index (Phi) is 6.92. The summed E-state index contributed by atoms with van der Waals surface area (Å²) in [5, 5.41) is 13.4. The summed E-state index contributed by atoms with van der Waals surface area (Å²) in [6.45, 7) is 1.97. The van der Waals surface area contributed by atoms with E-state index in [1.54, 1.807) is 12.4 Å². The van der Waals surface area contributed by atoms with Crippen molar-refractivity contribution < 1.29 is 14.4 Å². The first kappa shape index (κ1) is 20.8. The number of hydrogen-bond acceptors (Lipinski definition) is 7. The van der Waals surface area contributed by atoms with Crippen LogP contribution in [0.5, 0.6) is 0 Å². The van der Waals surface area contributed by atoms with E-state index in [9.17, 15) is 9.90 Å². The molecule has 2 aliphatic rings. The number of carboxylic acids is 1. The van der Waals surface area contributed by atoms with Crippen molar-refractivity contribution >= 4 is 11.8 Å². The molecule has 1 atom stereocenters. The van der Waals surface area contributed by atoms with Gasteiger partial charge in [0.15, 0.2) is 0 Å². The Morgan fingerprint density at radius 3 is 2.70 bits per heavy atom. The summed E-state index contributed by atoms with van der Waals surface area (Å²) >= 11 is 0. The fourth-order valence-corrected chi connectivity index (χ4v) is 4.72. The molecule has 2 fully saturated rings. The van der Waals surface area contributed by atoms with Crippen molar-refractivity contribution in [3.05, 3.63) is 18.3 Å². The van der Waals surface area contributed by atoms with Gasteiger partial charge in [0, 0.05) is 19.0 Å². The van der Waals surface area contributed by atoms with Gasteiger partial charge in [-0.2, -0.15) is 4.98 Å². The molecule has 1 aliphatic heterocycles. The molecule has 1 N–H and O–H groups in total. The number of aromatic nitrogens is 4. The zero-order chi connectivity index (χ0) is 20.8. The number of anilines is 1. The lowest BCUT2D eigenvalue weighted by molar-refractivity contribution is -0.137. The van der Waals surface area contributed by atoms with Gasteiger partial charge in [-0.05, 0) is 25.2 Å². The number of carboxylic acid groups (broad SMARTS) is 1. The van der Waals surface area contributed by atoms with Crippen LogP contribution in [0.25, 0.3) is 11.5 Å². The van der Waals surface area contributed by atoms with Crippen LogP contribution in [0.1, 0.15) is 82.4 Å². The van der Waals surface area contributed by atoms with Crippen molar-refractivity contribution in [1.29, 1.82) is 0 Å². The fraction of sp³-hybridized carbons (Fsp3) is 0.682. The van der Waals surface area contributed by atoms with Crippen molar-refractivity contribution in [1.82, 2.24) is 20.1 Å². The molecular formula is C22H31N5O3. The van der Waals surface area contributed by atoms with Gasteiger partial charge in [0.05, 0.1) is 18.8 Å². The highest BCUT2D eigenvalue weighted by molar-refractivity contribution is 5.67. The number of hydrogen-bond donors (Lipinski definition) is 1. The molecule has 0 radical (unpaired) electrons. The highest BCUT2D eigenvalue weighted by Gasteiger charge is 2.24. The van der Waals surface area contributed by atoms with Gasteiger partial charge in [0.1, 0.15) is 11.5 Å². The molecule has 2 aromatic heterocycles. The second-order valence-corrected chi connectivity index (χ2v) is 8.64. The Bertz CT molecular complexity index is 828. The predicted molar refractivity (Wildman–Crippen MR) is 112 cm³/mol. The van der Waals surface area contributed by atoms with Gasteiger partial charge >= 0.3 is 5.97 Å². The molecule has 1 saturated heterocycles. The summed E-state index contributed by atoms with van der Waals surface area (Å²) in [4.78, 5) is 27.0. The predicted octanol–water partition coefficient (Wildman–Crippen LogP) is 4.44. The van der Waals surface area contributed by atoms with Crippen LogP contribution in [0, 0.1) is 5.92 Å². The second-order valence-electron chi connectivity index (χ2n) is 8.64. The lowest BCUT2D eigenvalue weighted by Crippen LogP contribution is -2.19. The Balaban J connectivity index is 1.42. The normalized spacial score (nSPS) is 18.6. The molecule has 0 amide bonds. The Morgan fingerprint density at radius 1 is 1.13 bits per heavy atom. The van der Waals surface area contributed by atoms with Crippen LogP contribution in [0.4, 0.5) is 5.82 Å². The summed E-state index contributed by atoms with van der Waals surface area (Å²) in [6.07, 6.45) is 15.2. The maximum absolute atomic E-state index is 11.4. The molecule has 1 aliphatic carbocycles. The summed E-state index contributed by atoms with van der Waals surface area (Å²) in [6, 6.07) is 0. The van der Waals surface area contributed by atoms with Crippen LogP contribution in [0.15, 0.2) is 16.9 Å². The number of rotatable bonds is 9. The first-order valence-electron chi connectivity index (χ1n) is 11.3. The Morgan fingerprint density at radius 2 is 1.93 bits per heavy atom. The van der Waals surface area contributed by atoms with Crippen molar-refractivity contribution in [3.63, 3.8) is 0 Å². The van der Waals surface area contributed by atoms with E-state index in [4.69, 9.17) is 4.52 Å². The molecule has 0 spiro atoms. The van der Waals surface area contributed by atoms with Gasteiger partial charge < -0.3 is 14.5 Å². The molecule has 30 heavy (non-hydrogen) atoms. The van der Waals surface area contributed by atoms with E-state index in [0.29, 0.717) is 17.4 Å². The van der Waals surface area contributed by atoms with Gasteiger partial charge in [-0.1, -0.05) is 50.1 Å². The third kappa shape index (κ3) is 5.34. The van der Waals surface area contributed by atoms with E-state index < -0.39 is 5.97 Å². The van der Waals surface area contributed by atoms with Crippen LogP contribution >= 0.6 is 0 Å². The first-order chi connectivity index (χ1) is 14.7. The highest BCUT2D eigenvalue weighted by Crippen LogP contribution is 2.31. The van der Waals surface area contributed by atoms with E-state index in [0.717, 1.165) is 56.9 Å². The van der Waals surface area contributed by atoms with E-state index in [-0.39, 0.29) is 12.3 Å². The van der Waals surface area contributed by atoms with Crippen molar-refractivity contribution in [2.75, 3.05) is 18.0 Å². The SMILES string of the molecule is O=C(O)CC(CCCC1CCCCC1)c1nc(-c2cncc(N3CCCC3)n2)no1. The molecular weight excluding hydrogens is 382 g/mol. The molecule has 8 heteroatoms. The quantitative estimate of drug-likeness (QED) is 0.643. The molecule has 4 rings (SSSR count). The molecule has 0 bridgehead atoms. The van der Waals surface area contributed by atoms with Crippen LogP contribution in [0.2, 0.25) is 0 Å². The standard InChI is InChI=1S/C22H31N5O3/c28-20(29)13-17(10-6-9-16-7-2-1-3-8-16)22-25-21(26-30-22)18-14-23-15-19(24-18)27-11-4-5-12-27/h14-17H,1-13H2,(H,28,29). The van der Waals surface area contributed by atoms with E-state index in [2.05, 4.69) is 25.0 Å². The third-order valence-corrected chi connectivity index (χ3v) is 6.38. The van der Waals surface area contributed by atoms with Crippen LogP contribution in [-0.2, 0) is 4.79 Å². The molecule has 1 saturated carbocycles. The highest BCUT2D eigenvalue weighted by atomic mass is 16.5. The summed E-state index contributed by atoms with van der Waals surface area (Å²) in [5.41, 5.74) is 0.561. The third-order valence-electron chi connectivity index (χ3n) is 6.38. The minimum Gasteiger partial charge on any atom is -0.481 e. The fourth-order valence-electron chi connectivity index (χ4n) is 4.72. The summed E-state index contributed by atoms with van der Waals surface area (Å²) < 4.78 is 5.48. The van der Waals surface area contributed by atoms with Crippen molar-refractivity contribution in [3.8, 4) is 11.5 Å². The summed E-state index contributed by atoms with van der Waals surface area (Å²) in [5.74, 6) is 1.28. The van der Waals surface area contributed by atoms with Crippen LogP contribution in [-0.4, -0.2) is 44.3 Å². The summed E-state index contributed by atoms with van der Waals surface area (Å²) in [7, 11) is 0. The maximum atomic E-state index is 11.4. The van der Waals surface area contributed by atoms with E-state index >= 15 is 0 Å². The average molecular weight is 414 g/mol. The Hall–Kier alpha value is -2.51. The van der Waals surface area contributed by atoms with Gasteiger partial charge in [-0.15, -0.1) is 0 Å². The largest absolute Gasteiger partial charge is 0.481 e. The smallest absolute Gasteiger partial charge is 0.304 e. The van der Waals surface area contributed by atoms with Crippen molar-refractivity contribution in [2.24, 2.45) is 5.92 Å². The van der Waals surface area contributed by atoms with Gasteiger partial charge in [-0.3, -0.25) is 9.78 Å². The number of nitrogens with zero attached hydrogens (tertiary/aromatic N) is 5. The van der Waals surface area contributed by atoms with Gasteiger partial charge in [0.2, 0.25) is 11.7 Å². The molecule has 8 nitrogen and oxygen atoms in total. The van der Waals surface area contributed by atoms with Crippen molar-refractivity contribution in [2.45, 2.75) is 76.5 Å². The Labute approximate surface area is 177 Å². The zero-order valence-corrected chi connectivity index (χ0v) is 17.5. The van der Waals surface area contributed by atoms with Gasteiger partial charge in [-0.25, -0.2) is 4.98 Å². The second kappa shape index (κ2) is 10.00. The number of carbonyl (C=O) groups is 1. The van der Waals surface area contributed by atoms with Crippen LogP contribution < -0.4 is 4.90 Å². The average Bonchev–Trinajstić information content (AvgIpc) is 3.46. The first-order valence-corrected chi connectivity index (χ1v) is 11.3. The maximum Gasteiger partial charge on any atom is 0.304 e. The minimum atomic E-state index is -0.840. The zero-order valence-electron chi connectivity index (χ0n) is 17.5. The molecule has 2 aromatic rings. The molecule has 0 aromatic carbocycles. The van der Waals surface area contributed by atoms with E-state index in [1.807, 2.05) is 0 Å². The number of aliphatic carboxylic acids is 1. The molecule has 1 unspecified atom stereocenters. The topological polar surface area (TPSA) is 105 Å².